The number of pyridine rings is 1. The van der Waals surface area contributed by atoms with Gasteiger partial charge in [0.15, 0.2) is 11.6 Å². The molecule has 0 bridgehead atoms. The third-order valence-electron chi connectivity index (χ3n) is 5.99. The van der Waals surface area contributed by atoms with E-state index in [0.717, 1.165) is 31.2 Å². The fraction of sp³-hybridized carbons (Fsp3) is 0.250. The van der Waals surface area contributed by atoms with Crippen LogP contribution in [0.1, 0.15) is 47.2 Å². The van der Waals surface area contributed by atoms with Gasteiger partial charge in [-0.3, -0.25) is 14.6 Å². The third-order valence-corrected chi connectivity index (χ3v) is 5.99. The molecule has 2 amide bonds. The van der Waals surface area contributed by atoms with Crippen LogP contribution < -0.4 is 10.1 Å². The van der Waals surface area contributed by atoms with Crippen molar-refractivity contribution in [3.63, 3.8) is 0 Å². The number of hydrogen-bond donors (Lipinski definition) is 1. The first-order valence-electron chi connectivity index (χ1n) is 11.8. The van der Waals surface area contributed by atoms with Crippen molar-refractivity contribution in [3.8, 4) is 11.5 Å². The molecular weight excluding hydrogens is 445 g/mol. The Balaban J connectivity index is 1.21. The van der Waals surface area contributed by atoms with Crippen molar-refractivity contribution in [1.82, 2.24) is 15.2 Å². The van der Waals surface area contributed by atoms with Crippen molar-refractivity contribution >= 4 is 17.9 Å². The lowest BCUT2D eigenvalue weighted by atomic mass is 10.1. The van der Waals surface area contributed by atoms with Crippen molar-refractivity contribution < 1.29 is 18.7 Å². The van der Waals surface area contributed by atoms with Gasteiger partial charge >= 0.3 is 0 Å². The van der Waals surface area contributed by atoms with Crippen LogP contribution in [0, 0.1) is 5.82 Å². The average molecular weight is 472 g/mol. The highest BCUT2D eigenvalue weighted by Crippen LogP contribution is 2.29. The number of halogens is 1. The summed E-state index contributed by atoms with van der Waals surface area (Å²) in [6.45, 7) is 0.463. The number of carbonyl (C=O) groups excluding carboxylic acids is 2. The van der Waals surface area contributed by atoms with E-state index in [1.54, 1.807) is 42.6 Å². The van der Waals surface area contributed by atoms with Crippen LogP contribution in [0.25, 0.3) is 6.08 Å². The summed E-state index contributed by atoms with van der Waals surface area (Å²) in [7, 11) is 0. The summed E-state index contributed by atoms with van der Waals surface area (Å²) in [4.78, 5) is 30.9. The number of nitrogens with one attached hydrogen (secondary N) is 1. The number of aromatic nitrogens is 1. The monoisotopic (exact) mass is 471 g/mol. The standard InChI is InChI=1S/C28H26FN3O3/c29-25-16-19(5-13-26(25)35-24-2-1-15-30-17-24)6-14-27(33)32(23-11-12-23)18-20-3-7-21(8-4-20)28(34)31-22-9-10-22/h1-8,13-17,22-23H,9-12,18H2,(H,31,34)/b14-6+. The molecule has 6 nitrogen and oxygen atoms in total. The summed E-state index contributed by atoms with van der Waals surface area (Å²) in [5.41, 5.74) is 2.16. The molecule has 5 rings (SSSR count). The first-order valence-corrected chi connectivity index (χ1v) is 11.8. The Hall–Kier alpha value is -4.00. The molecule has 2 aliphatic carbocycles. The molecule has 2 saturated carbocycles. The van der Waals surface area contributed by atoms with Gasteiger partial charge in [-0.2, -0.15) is 0 Å². The van der Waals surface area contributed by atoms with Crippen LogP contribution in [0.2, 0.25) is 0 Å². The second-order valence-corrected chi connectivity index (χ2v) is 8.96. The summed E-state index contributed by atoms with van der Waals surface area (Å²) < 4.78 is 20.0. The molecule has 0 saturated heterocycles. The smallest absolute Gasteiger partial charge is 0.251 e. The zero-order valence-corrected chi connectivity index (χ0v) is 19.2. The second kappa shape index (κ2) is 10.1. The lowest BCUT2D eigenvalue weighted by Gasteiger charge is -2.21. The van der Waals surface area contributed by atoms with E-state index < -0.39 is 5.82 Å². The van der Waals surface area contributed by atoms with Crippen LogP contribution in [0.3, 0.4) is 0 Å². The zero-order valence-electron chi connectivity index (χ0n) is 19.2. The molecule has 7 heteroatoms. The van der Waals surface area contributed by atoms with Gasteiger partial charge in [0, 0.05) is 36.5 Å². The minimum Gasteiger partial charge on any atom is -0.453 e. The molecule has 2 aromatic carbocycles. The van der Waals surface area contributed by atoms with Crippen LogP contribution in [0.15, 0.2) is 73.1 Å². The van der Waals surface area contributed by atoms with E-state index in [-0.39, 0.29) is 23.6 Å². The first kappa shape index (κ1) is 22.8. The van der Waals surface area contributed by atoms with Gasteiger partial charge in [-0.15, -0.1) is 0 Å². The molecule has 0 atom stereocenters. The highest BCUT2D eigenvalue weighted by molar-refractivity contribution is 5.94. The number of amides is 2. The highest BCUT2D eigenvalue weighted by Gasteiger charge is 2.31. The number of nitrogens with zero attached hydrogens (tertiary/aromatic N) is 2. The molecule has 1 heterocycles. The number of carbonyl (C=O) groups is 2. The van der Waals surface area contributed by atoms with Crippen LogP contribution in [-0.4, -0.2) is 33.8 Å². The lowest BCUT2D eigenvalue weighted by molar-refractivity contribution is -0.127. The Bertz CT molecular complexity index is 1240. The van der Waals surface area contributed by atoms with Gasteiger partial charge in [0.25, 0.3) is 5.91 Å². The first-order chi connectivity index (χ1) is 17.0. The van der Waals surface area contributed by atoms with Gasteiger partial charge in [0.05, 0.1) is 6.20 Å². The molecule has 1 N–H and O–H groups in total. The Labute approximate surface area is 203 Å². The Morgan fingerprint density at radius 2 is 1.89 bits per heavy atom. The molecule has 3 aromatic rings. The van der Waals surface area contributed by atoms with E-state index in [1.807, 2.05) is 17.0 Å². The largest absolute Gasteiger partial charge is 0.453 e. The van der Waals surface area contributed by atoms with Gasteiger partial charge in [0.1, 0.15) is 5.75 Å². The molecule has 0 unspecified atom stereocenters. The van der Waals surface area contributed by atoms with Crippen molar-refractivity contribution in [3.05, 3.63) is 95.6 Å². The fourth-order valence-electron chi connectivity index (χ4n) is 3.73. The van der Waals surface area contributed by atoms with Crippen molar-refractivity contribution in [2.24, 2.45) is 0 Å². The van der Waals surface area contributed by atoms with E-state index in [9.17, 15) is 14.0 Å². The summed E-state index contributed by atoms with van der Waals surface area (Å²) >= 11 is 0. The fourth-order valence-corrected chi connectivity index (χ4v) is 3.73. The van der Waals surface area contributed by atoms with E-state index >= 15 is 0 Å². The van der Waals surface area contributed by atoms with Gasteiger partial charge in [-0.25, -0.2) is 4.39 Å². The minimum atomic E-state index is -0.520. The molecule has 0 spiro atoms. The molecule has 1 aromatic heterocycles. The topological polar surface area (TPSA) is 71.5 Å². The quantitative estimate of drug-likeness (QED) is 0.440. The van der Waals surface area contributed by atoms with Crippen LogP contribution in [0.5, 0.6) is 11.5 Å². The number of hydrogen-bond acceptors (Lipinski definition) is 4. The highest BCUT2D eigenvalue weighted by atomic mass is 19.1. The van der Waals surface area contributed by atoms with E-state index in [0.29, 0.717) is 29.5 Å². The van der Waals surface area contributed by atoms with E-state index in [1.165, 1.54) is 24.4 Å². The number of rotatable bonds is 9. The van der Waals surface area contributed by atoms with Crippen LogP contribution >= 0.6 is 0 Å². The predicted molar refractivity (Wildman–Crippen MR) is 130 cm³/mol. The van der Waals surface area contributed by atoms with Crippen LogP contribution in [-0.2, 0) is 11.3 Å². The van der Waals surface area contributed by atoms with Crippen molar-refractivity contribution in [2.45, 2.75) is 44.3 Å². The molecule has 178 valence electrons. The molecule has 2 fully saturated rings. The van der Waals surface area contributed by atoms with Gasteiger partial charge < -0.3 is 15.0 Å². The average Bonchev–Trinajstić information content (AvgIpc) is 3.79. The number of ether oxygens (including phenoxy) is 1. The van der Waals surface area contributed by atoms with Gasteiger partial charge in [-0.1, -0.05) is 18.2 Å². The van der Waals surface area contributed by atoms with Crippen molar-refractivity contribution in [1.29, 1.82) is 0 Å². The molecule has 35 heavy (non-hydrogen) atoms. The Kier molecular flexibility index (Phi) is 6.57. The molecule has 0 radical (unpaired) electrons. The van der Waals surface area contributed by atoms with E-state index in [4.69, 9.17) is 4.74 Å². The van der Waals surface area contributed by atoms with E-state index in [2.05, 4.69) is 10.3 Å². The van der Waals surface area contributed by atoms with Crippen molar-refractivity contribution in [2.75, 3.05) is 0 Å². The maximum Gasteiger partial charge on any atom is 0.251 e. The molecular formula is C28H26FN3O3. The SMILES string of the molecule is O=C(NC1CC1)c1ccc(CN(C(=O)/C=C/c2ccc(Oc3cccnc3)c(F)c2)C2CC2)cc1. The second-order valence-electron chi connectivity index (χ2n) is 8.96. The predicted octanol–water partition coefficient (Wildman–Crippen LogP) is 5.11. The normalized spacial score (nSPS) is 15.1. The minimum absolute atomic E-state index is 0.0544. The summed E-state index contributed by atoms with van der Waals surface area (Å²) in [6, 6.07) is 15.9. The Morgan fingerprint density at radius 3 is 2.54 bits per heavy atom. The third kappa shape index (κ3) is 6.12. The van der Waals surface area contributed by atoms with Gasteiger partial charge in [-0.05, 0) is 79.3 Å². The van der Waals surface area contributed by atoms with Crippen LogP contribution in [0.4, 0.5) is 4.39 Å². The summed E-state index contributed by atoms with van der Waals surface area (Å²) in [5.74, 6) is -0.162. The maximum atomic E-state index is 14.5. The molecule has 2 aliphatic rings. The summed E-state index contributed by atoms with van der Waals surface area (Å²) in [6.07, 6.45) is 10.2. The lowest BCUT2D eigenvalue weighted by Crippen LogP contribution is -2.31. The zero-order chi connectivity index (χ0) is 24.2. The molecule has 0 aliphatic heterocycles. The Morgan fingerprint density at radius 1 is 1.09 bits per heavy atom. The number of benzene rings is 2. The summed E-state index contributed by atoms with van der Waals surface area (Å²) in [5, 5.41) is 2.98. The van der Waals surface area contributed by atoms with Gasteiger partial charge in [0.2, 0.25) is 5.91 Å². The maximum absolute atomic E-state index is 14.5.